The molecule has 20 heavy (non-hydrogen) atoms. The molecule has 4 N–H and O–H groups in total. The lowest BCUT2D eigenvalue weighted by Gasteiger charge is -2.39. The predicted molar refractivity (Wildman–Crippen MR) is 75.1 cm³/mol. The van der Waals surface area contributed by atoms with Crippen molar-refractivity contribution < 1.29 is 9.59 Å². The Balaban J connectivity index is 1.63. The van der Waals surface area contributed by atoms with Gasteiger partial charge < -0.3 is 21.3 Å². The number of piperazine rings is 1. The molecule has 6 nitrogen and oxygen atoms in total. The van der Waals surface area contributed by atoms with Gasteiger partial charge in [0.25, 0.3) is 0 Å². The number of hydrogen-bond donors (Lipinski definition) is 4. The van der Waals surface area contributed by atoms with Gasteiger partial charge in [0.2, 0.25) is 11.8 Å². The third kappa shape index (κ3) is 2.81. The molecule has 6 heteroatoms. The normalized spacial score (nSPS) is 39.0. The molecule has 0 unspecified atom stereocenters. The lowest BCUT2D eigenvalue weighted by atomic mass is 9.91. The molecule has 0 spiro atoms. The van der Waals surface area contributed by atoms with Crippen LogP contribution in [0.15, 0.2) is 0 Å². The molecule has 4 atom stereocenters. The number of carbonyl (C=O) groups excluding carboxylic acids is 2. The molecule has 3 rings (SSSR count). The first-order chi connectivity index (χ1) is 9.75. The lowest BCUT2D eigenvalue weighted by Crippen LogP contribution is -2.71. The first kappa shape index (κ1) is 13.8. The van der Waals surface area contributed by atoms with E-state index < -0.39 is 12.1 Å². The van der Waals surface area contributed by atoms with E-state index in [9.17, 15) is 9.59 Å². The van der Waals surface area contributed by atoms with Crippen molar-refractivity contribution in [3.63, 3.8) is 0 Å². The maximum absolute atomic E-state index is 12.3. The van der Waals surface area contributed by atoms with E-state index in [-0.39, 0.29) is 23.9 Å². The standard InChI is InChI=1S/C14H24N4O2/c19-13-11(9-5-1-3-7-15-9)17-14(20)12(18-13)10-6-2-4-8-16-10/h9-12,15-16H,1-8H2,(H,17,20)(H,18,19)/t9-,10-,11+,12+/m1/s1. The average molecular weight is 280 g/mol. The largest absolute Gasteiger partial charge is 0.341 e. The van der Waals surface area contributed by atoms with Gasteiger partial charge in [-0.3, -0.25) is 9.59 Å². The van der Waals surface area contributed by atoms with E-state index in [0.717, 1.165) is 51.6 Å². The summed E-state index contributed by atoms with van der Waals surface area (Å²) < 4.78 is 0. The smallest absolute Gasteiger partial charge is 0.244 e. The van der Waals surface area contributed by atoms with E-state index in [1.165, 1.54) is 0 Å². The second-order valence-corrected chi connectivity index (χ2v) is 6.09. The Labute approximate surface area is 119 Å². The van der Waals surface area contributed by atoms with Crippen LogP contribution in [0.1, 0.15) is 38.5 Å². The Bertz CT molecular complexity index is 339. The fourth-order valence-corrected chi connectivity index (χ4v) is 3.51. The molecule has 3 heterocycles. The van der Waals surface area contributed by atoms with Gasteiger partial charge in [-0.05, 0) is 38.8 Å². The maximum Gasteiger partial charge on any atom is 0.244 e. The zero-order chi connectivity index (χ0) is 13.9. The molecule has 0 radical (unpaired) electrons. The summed E-state index contributed by atoms with van der Waals surface area (Å²) in [6, 6.07) is -0.675. The SMILES string of the molecule is O=C1N[C@@H]([C@H]2CCCCN2)C(=O)N[C@H]1[C@H]1CCCCN1. The Morgan fingerprint density at radius 3 is 1.50 bits per heavy atom. The molecule has 0 aliphatic carbocycles. The summed E-state index contributed by atoms with van der Waals surface area (Å²) in [7, 11) is 0. The highest BCUT2D eigenvalue weighted by atomic mass is 16.2. The Hall–Kier alpha value is -1.14. The number of amides is 2. The first-order valence-corrected chi connectivity index (χ1v) is 7.83. The van der Waals surface area contributed by atoms with Crippen LogP contribution in [0.2, 0.25) is 0 Å². The van der Waals surface area contributed by atoms with Crippen LogP contribution in [-0.4, -0.2) is 49.1 Å². The van der Waals surface area contributed by atoms with Crippen LogP contribution in [0.3, 0.4) is 0 Å². The minimum Gasteiger partial charge on any atom is -0.341 e. The quantitative estimate of drug-likeness (QED) is 0.537. The second kappa shape index (κ2) is 6.10. The van der Waals surface area contributed by atoms with Crippen molar-refractivity contribution >= 4 is 11.8 Å². The molecule has 0 bridgehead atoms. The molecule has 3 aliphatic heterocycles. The van der Waals surface area contributed by atoms with Gasteiger partial charge in [-0.25, -0.2) is 0 Å². The molecule has 3 saturated heterocycles. The van der Waals surface area contributed by atoms with Crippen molar-refractivity contribution in [2.45, 2.75) is 62.7 Å². The monoisotopic (exact) mass is 280 g/mol. The van der Waals surface area contributed by atoms with Crippen molar-refractivity contribution in [1.29, 1.82) is 0 Å². The van der Waals surface area contributed by atoms with Gasteiger partial charge >= 0.3 is 0 Å². The summed E-state index contributed by atoms with van der Waals surface area (Å²) in [6.07, 6.45) is 6.42. The summed E-state index contributed by atoms with van der Waals surface area (Å²) in [4.78, 5) is 24.6. The van der Waals surface area contributed by atoms with Crippen LogP contribution in [0.4, 0.5) is 0 Å². The van der Waals surface area contributed by atoms with E-state index >= 15 is 0 Å². The van der Waals surface area contributed by atoms with E-state index in [0.29, 0.717) is 0 Å². The molecule has 0 aromatic heterocycles. The van der Waals surface area contributed by atoms with Crippen LogP contribution >= 0.6 is 0 Å². The number of nitrogens with one attached hydrogen (secondary N) is 4. The molecule has 0 aromatic rings. The van der Waals surface area contributed by atoms with E-state index in [2.05, 4.69) is 21.3 Å². The molecular formula is C14H24N4O2. The third-order valence-electron chi connectivity index (χ3n) is 4.66. The highest BCUT2D eigenvalue weighted by molar-refractivity contribution is 5.97. The van der Waals surface area contributed by atoms with Gasteiger partial charge in [-0.15, -0.1) is 0 Å². The molecule has 0 saturated carbocycles. The topological polar surface area (TPSA) is 82.3 Å². The molecule has 112 valence electrons. The predicted octanol–water partition coefficient (Wildman–Crippen LogP) is -0.746. The van der Waals surface area contributed by atoms with Crippen molar-refractivity contribution in [2.24, 2.45) is 0 Å². The van der Waals surface area contributed by atoms with Crippen molar-refractivity contribution in [1.82, 2.24) is 21.3 Å². The first-order valence-electron chi connectivity index (χ1n) is 7.83. The van der Waals surface area contributed by atoms with Crippen LogP contribution in [0, 0.1) is 0 Å². The van der Waals surface area contributed by atoms with Crippen LogP contribution in [0.25, 0.3) is 0 Å². The number of hydrogen-bond acceptors (Lipinski definition) is 4. The van der Waals surface area contributed by atoms with Gasteiger partial charge in [0.05, 0.1) is 0 Å². The van der Waals surface area contributed by atoms with Gasteiger partial charge in [0, 0.05) is 12.1 Å². The number of carbonyl (C=O) groups is 2. The molecule has 3 fully saturated rings. The Kier molecular flexibility index (Phi) is 4.21. The zero-order valence-electron chi connectivity index (χ0n) is 11.8. The van der Waals surface area contributed by atoms with Gasteiger partial charge in [0.15, 0.2) is 0 Å². The summed E-state index contributed by atoms with van der Waals surface area (Å²) in [6.45, 7) is 1.86. The molecule has 3 aliphatic rings. The van der Waals surface area contributed by atoms with Crippen molar-refractivity contribution in [3.8, 4) is 0 Å². The van der Waals surface area contributed by atoms with Crippen molar-refractivity contribution in [2.75, 3.05) is 13.1 Å². The number of piperidine rings is 2. The van der Waals surface area contributed by atoms with Gasteiger partial charge in [-0.1, -0.05) is 12.8 Å². The van der Waals surface area contributed by atoms with Gasteiger partial charge in [0.1, 0.15) is 12.1 Å². The highest BCUT2D eigenvalue weighted by Crippen LogP contribution is 2.16. The summed E-state index contributed by atoms with van der Waals surface area (Å²) in [5.41, 5.74) is 0. The third-order valence-corrected chi connectivity index (χ3v) is 4.66. The number of rotatable bonds is 2. The molecule has 0 aromatic carbocycles. The summed E-state index contributed by atoms with van der Waals surface area (Å²) >= 11 is 0. The van der Waals surface area contributed by atoms with Gasteiger partial charge in [-0.2, -0.15) is 0 Å². The highest BCUT2D eigenvalue weighted by Gasteiger charge is 2.41. The zero-order valence-corrected chi connectivity index (χ0v) is 11.8. The van der Waals surface area contributed by atoms with Crippen LogP contribution < -0.4 is 21.3 Å². The fourth-order valence-electron chi connectivity index (χ4n) is 3.51. The second-order valence-electron chi connectivity index (χ2n) is 6.09. The minimum atomic E-state index is -0.414. The summed E-state index contributed by atoms with van der Waals surface area (Å²) in [5, 5.41) is 12.5. The van der Waals surface area contributed by atoms with E-state index in [1.54, 1.807) is 0 Å². The van der Waals surface area contributed by atoms with E-state index in [4.69, 9.17) is 0 Å². The van der Waals surface area contributed by atoms with Crippen LogP contribution in [-0.2, 0) is 9.59 Å². The molecular weight excluding hydrogens is 256 g/mol. The summed E-state index contributed by atoms with van der Waals surface area (Å²) in [5.74, 6) is -0.0808. The van der Waals surface area contributed by atoms with E-state index in [1.807, 2.05) is 0 Å². The average Bonchev–Trinajstić information content (AvgIpc) is 2.51. The Morgan fingerprint density at radius 1 is 0.700 bits per heavy atom. The maximum atomic E-state index is 12.3. The molecule has 2 amide bonds. The van der Waals surface area contributed by atoms with Crippen molar-refractivity contribution in [3.05, 3.63) is 0 Å². The lowest BCUT2D eigenvalue weighted by molar-refractivity contribution is -0.138. The fraction of sp³-hybridized carbons (Fsp3) is 0.857. The Morgan fingerprint density at radius 2 is 1.15 bits per heavy atom. The van der Waals surface area contributed by atoms with Crippen LogP contribution in [0.5, 0.6) is 0 Å². The minimum absolute atomic E-state index is 0.0404.